The molecular weight excluding hydrogens is 268 g/mol. The molecule has 2 nitrogen and oxygen atoms in total. The highest BCUT2D eigenvalue weighted by atomic mass is 14.8. The molecule has 0 bridgehead atoms. The Labute approximate surface area is 129 Å². The fourth-order valence-electron chi connectivity index (χ4n) is 4.60. The summed E-state index contributed by atoms with van der Waals surface area (Å²) in [6.45, 7) is 2.36. The van der Waals surface area contributed by atoms with Gasteiger partial charge in [0.2, 0.25) is 0 Å². The molecule has 2 aliphatic rings. The number of aromatic nitrogens is 2. The molecule has 1 aromatic carbocycles. The van der Waals surface area contributed by atoms with Crippen LogP contribution in [0.1, 0.15) is 29.5 Å². The molecule has 1 spiro atoms. The van der Waals surface area contributed by atoms with Crippen LogP contribution < -0.4 is 0 Å². The minimum Gasteiger partial charge on any atom is -0.254 e. The van der Waals surface area contributed by atoms with Crippen molar-refractivity contribution in [3.63, 3.8) is 0 Å². The second-order valence-corrected chi connectivity index (χ2v) is 6.35. The van der Waals surface area contributed by atoms with E-state index < -0.39 is 0 Å². The molecule has 2 aliphatic carbocycles. The molecule has 2 heterocycles. The highest BCUT2D eigenvalue weighted by Gasteiger charge is 2.68. The van der Waals surface area contributed by atoms with Gasteiger partial charge in [-0.15, -0.1) is 0 Å². The minimum atomic E-state index is 0.0640. The molecule has 1 saturated carbocycles. The van der Waals surface area contributed by atoms with E-state index in [0.29, 0.717) is 11.8 Å². The standard InChI is InChI=1S/C20H16N2/c1-13-17(14-7-3-2-4-8-14)20(13)15-9-5-11-21-18(15)19-16(20)10-6-12-22-19/h2-13,17H,1H3/t13-,17-/m0/s1. The Balaban J connectivity index is 1.79. The van der Waals surface area contributed by atoms with Crippen LogP contribution in [0.15, 0.2) is 67.0 Å². The van der Waals surface area contributed by atoms with E-state index in [1.54, 1.807) is 0 Å². The molecular formula is C20H16N2. The number of nitrogens with zero attached hydrogens (tertiary/aromatic N) is 2. The van der Waals surface area contributed by atoms with E-state index in [1.807, 2.05) is 12.4 Å². The second-order valence-electron chi connectivity index (χ2n) is 6.35. The zero-order valence-corrected chi connectivity index (χ0v) is 12.4. The summed E-state index contributed by atoms with van der Waals surface area (Å²) in [5.41, 5.74) is 6.33. The van der Waals surface area contributed by atoms with Crippen LogP contribution in [0, 0.1) is 5.92 Å². The maximum atomic E-state index is 4.64. The van der Waals surface area contributed by atoms with Gasteiger partial charge in [-0.1, -0.05) is 49.4 Å². The van der Waals surface area contributed by atoms with Crippen LogP contribution in [0.5, 0.6) is 0 Å². The Kier molecular flexibility index (Phi) is 2.22. The average Bonchev–Trinajstić information content (AvgIpc) is 3.10. The molecule has 0 unspecified atom stereocenters. The van der Waals surface area contributed by atoms with Crippen LogP contribution in [0.25, 0.3) is 11.4 Å². The average molecular weight is 284 g/mol. The van der Waals surface area contributed by atoms with Crippen LogP contribution in [-0.2, 0) is 5.41 Å². The summed E-state index contributed by atoms with van der Waals surface area (Å²) in [7, 11) is 0. The summed E-state index contributed by atoms with van der Waals surface area (Å²) >= 11 is 0. The Morgan fingerprint density at radius 2 is 1.36 bits per heavy atom. The van der Waals surface area contributed by atoms with Gasteiger partial charge in [-0.05, 0) is 34.7 Å². The summed E-state index contributed by atoms with van der Waals surface area (Å²) in [4.78, 5) is 9.27. The molecule has 0 radical (unpaired) electrons. The Morgan fingerprint density at radius 3 is 1.95 bits per heavy atom. The predicted molar refractivity (Wildman–Crippen MR) is 86.6 cm³/mol. The molecule has 2 heteroatoms. The highest BCUT2D eigenvalue weighted by Crippen LogP contribution is 2.73. The molecule has 3 aromatic rings. The summed E-state index contributed by atoms with van der Waals surface area (Å²) in [6.07, 6.45) is 3.75. The zero-order chi connectivity index (χ0) is 14.7. The Bertz CT molecular complexity index is 824. The van der Waals surface area contributed by atoms with E-state index in [1.165, 1.54) is 16.7 Å². The van der Waals surface area contributed by atoms with Crippen molar-refractivity contribution in [1.82, 2.24) is 9.97 Å². The minimum absolute atomic E-state index is 0.0640. The van der Waals surface area contributed by atoms with Crippen molar-refractivity contribution in [2.75, 3.05) is 0 Å². The van der Waals surface area contributed by atoms with Gasteiger partial charge in [-0.25, -0.2) is 0 Å². The third-order valence-corrected chi connectivity index (χ3v) is 5.49. The third kappa shape index (κ3) is 1.26. The predicted octanol–water partition coefficient (Wildman–Crippen LogP) is 4.18. The first-order chi connectivity index (χ1) is 10.8. The van der Waals surface area contributed by atoms with Gasteiger partial charge in [0, 0.05) is 23.7 Å². The maximum absolute atomic E-state index is 4.64. The molecule has 2 atom stereocenters. The van der Waals surface area contributed by atoms with Gasteiger partial charge in [0.05, 0.1) is 11.4 Å². The lowest BCUT2D eigenvalue weighted by Gasteiger charge is -2.14. The Hall–Kier alpha value is -2.48. The van der Waals surface area contributed by atoms with Gasteiger partial charge < -0.3 is 0 Å². The van der Waals surface area contributed by atoms with Gasteiger partial charge in [0.15, 0.2) is 0 Å². The zero-order valence-electron chi connectivity index (χ0n) is 12.4. The number of fused-ring (bicyclic) bond motifs is 5. The summed E-state index contributed by atoms with van der Waals surface area (Å²) < 4.78 is 0. The van der Waals surface area contributed by atoms with Crippen LogP contribution in [0.3, 0.4) is 0 Å². The van der Waals surface area contributed by atoms with Gasteiger partial charge in [0.1, 0.15) is 0 Å². The lowest BCUT2D eigenvalue weighted by atomic mass is 9.88. The summed E-state index contributed by atoms with van der Waals surface area (Å²) in [5.74, 6) is 1.09. The quantitative estimate of drug-likeness (QED) is 0.670. The molecule has 2 aromatic heterocycles. The van der Waals surface area contributed by atoms with Crippen molar-refractivity contribution in [3.8, 4) is 11.4 Å². The maximum Gasteiger partial charge on any atom is 0.0930 e. The molecule has 0 N–H and O–H groups in total. The van der Waals surface area contributed by atoms with E-state index in [9.17, 15) is 0 Å². The molecule has 0 aliphatic heterocycles. The van der Waals surface area contributed by atoms with Crippen LogP contribution in [-0.4, -0.2) is 9.97 Å². The van der Waals surface area contributed by atoms with E-state index >= 15 is 0 Å². The first-order valence-corrected chi connectivity index (χ1v) is 7.81. The number of rotatable bonds is 1. The molecule has 1 fully saturated rings. The second kappa shape index (κ2) is 4.04. The number of hydrogen-bond acceptors (Lipinski definition) is 2. The van der Waals surface area contributed by atoms with Crippen LogP contribution in [0.4, 0.5) is 0 Å². The Morgan fingerprint density at radius 1 is 0.773 bits per heavy atom. The smallest absolute Gasteiger partial charge is 0.0930 e. The van der Waals surface area contributed by atoms with Crippen molar-refractivity contribution < 1.29 is 0 Å². The van der Waals surface area contributed by atoms with Crippen LogP contribution in [0.2, 0.25) is 0 Å². The lowest BCUT2D eigenvalue weighted by molar-refractivity contribution is 0.763. The van der Waals surface area contributed by atoms with Gasteiger partial charge in [-0.2, -0.15) is 0 Å². The number of pyridine rings is 2. The SMILES string of the molecule is C[C@H]1[C@@H](c2ccccc2)C12c1cccnc1-c1ncccc12. The van der Waals surface area contributed by atoms with Crippen molar-refractivity contribution in [3.05, 3.63) is 83.7 Å². The summed E-state index contributed by atoms with van der Waals surface area (Å²) in [5, 5.41) is 0. The first-order valence-electron chi connectivity index (χ1n) is 7.81. The van der Waals surface area contributed by atoms with Crippen molar-refractivity contribution in [1.29, 1.82) is 0 Å². The normalized spacial score (nSPS) is 23.1. The monoisotopic (exact) mass is 284 g/mol. The van der Waals surface area contributed by atoms with Crippen molar-refractivity contribution >= 4 is 0 Å². The van der Waals surface area contributed by atoms with Gasteiger partial charge in [0.25, 0.3) is 0 Å². The fourth-order valence-corrected chi connectivity index (χ4v) is 4.60. The molecule has 0 saturated heterocycles. The van der Waals surface area contributed by atoms with Crippen molar-refractivity contribution in [2.24, 2.45) is 5.92 Å². The lowest BCUT2D eigenvalue weighted by Crippen LogP contribution is -2.09. The first kappa shape index (κ1) is 12.1. The highest BCUT2D eigenvalue weighted by molar-refractivity contribution is 5.79. The van der Waals surface area contributed by atoms with E-state index in [0.717, 1.165) is 11.4 Å². The largest absolute Gasteiger partial charge is 0.254 e. The topological polar surface area (TPSA) is 25.8 Å². The number of benzene rings is 1. The van der Waals surface area contributed by atoms with Crippen molar-refractivity contribution in [2.45, 2.75) is 18.3 Å². The van der Waals surface area contributed by atoms with Crippen LogP contribution >= 0.6 is 0 Å². The molecule has 22 heavy (non-hydrogen) atoms. The molecule has 0 amide bonds. The van der Waals surface area contributed by atoms with Gasteiger partial charge >= 0.3 is 0 Å². The number of hydrogen-bond donors (Lipinski definition) is 0. The summed E-state index contributed by atoms with van der Waals surface area (Å²) in [6, 6.07) is 19.4. The van der Waals surface area contributed by atoms with Gasteiger partial charge in [-0.3, -0.25) is 9.97 Å². The fraction of sp³-hybridized carbons (Fsp3) is 0.200. The molecule has 106 valence electrons. The molecule has 5 rings (SSSR count). The third-order valence-electron chi connectivity index (χ3n) is 5.49. The van der Waals surface area contributed by atoms with E-state index in [2.05, 4.69) is 71.5 Å². The van der Waals surface area contributed by atoms with E-state index in [4.69, 9.17) is 0 Å². The van der Waals surface area contributed by atoms with E-state index in [-0.39, 0.29) is 5.41 Å².